The molecule has 1 aliphatic carbocycles. The molecule has 0 bridgehead atoms. The molecule has 1 aliphatic heterocycles. The minimum Gasteiger partial charge on any atom is -0.350 e. The maximum atomic E-state index is 13.3. The number of amides is 4. The van der Waals surface area contributed by atoms with E-state index in [2.05, 4.69) is 10.6 Å². The molecule has 1 heterocycles. The van der Waals surface area contributed by atoms with Crippen LogP contribution in [-0.2, 0) is 4.79 Å². The molecule has 9 heteroatoms. The van der Waals surface area contributed by atoms with Crippen molar-refractivity contribution in [1.29, 1.82) is 0 Å². The minimum absolute atomic E-state index is 0.0318. The number of nitrogens with one attached hydrogen (secondary N) is 2. The van der Waals surface area contributed by atoms with Crippen LogP contribution in [0.25, 0.3) is 0 Å². The van der Waals surface area contributed by atoms with Crippen molar-refractivity contribution in [1.82, 2.24) is 20.4 Å². The second-order valence-electron chi connectivity index (χ2n) is 8.30. The third-order valence-corrected chi connectivity index (χ3v) is 5.55. The van der Waals surface area contributed by atoms with Gasteiger partial charge in [0.1, 0.15) is 5.82 Å². The highest BCUT2D eigenvalue weighted by Crippen LogP contribution is 2.22. The van der Waals surface area contributed by atoms with Gasteiger partial charge in [0.15, 0.2) is 6.17 Å². The van der Waals surface area contributed by atoms with Crippen LogP contribution in [-0.4, -0.2) is 65.0 Å². The highest BCUT2D eigenvalue weighted by Gasteiger charge is 2.43. The molecule has 1 aromatic carbocycles. The van der Waals surface area contributed by atoms with Crippen molar-refractivity contribution in [2.45, 2.75) is 63.8 Å². The van der Waals surface area contributed by atoms with Crippen LogP contribution < -0.4 is 16.4 Å². The number of nitrogens with two attached hydrogens (primary N) is 1. The molecule has 2 fully saturated rings. The van der Waals surface area contributed by atoms with Crippen molar-refractivity contribution in [2.75, 3.05) is 13.1 Å². The fourth-order valence-corrected chi connectivity index (χ4v) is 3.96. The van der Waals surface area contributed by atoms with Crippen LogP contribution in [0.2, 0.25) is 0 Å². The molecule has 0 spiro atoms. The summed E-state index contributed by atoms with van der Waals surface area (Å²) in [6.07, 6.45) is 2.13. The summed E-state index contributed by atoms with van der Waals surface area (Å²) in [5, 5.41) is 5.78. The summed E-state index contributed by atoms with van der Waals surface area (Å²) in [5.74, 6) is -1.25. The molecular formula is C21H30FN5O3. The average Bonchev–Trinajstić information content (AvgIpc) is 3.15. The summed E-state index contributed by atoms with van der Waals surface area (Å²) in [7, 11) is 0. The highest BCUT2D eigenvalue weighted by atomic mass is 19.1. The Morgan fingerprint density at radius 3 is 2.23 bits per heavy atom. The van der Waals surface area contributed by atoms with E-state index in [0.717, 1.165) is 25.7 Å². The van der Waals surface area contributed by atoms with Gasteiger partial charge in [-0.25, -0.2) is 9.18 Å². The van der Waals surface area contributed by atoms with Crippen molar-refractivity contribution in [3.05, 3.63) is 35.6 Å². The molecule has 0 radical (unpaired) electrons. The van der Waals surface area contributed by atoms with Crippen LogP contribution in [0.1, 0.15) is 49.9 Å². The van der Waals surface area contributed by atoms with Crippen molar-refractivity contribution < 1.29 is 18.8 Å². The number of carbonyl (C=O) groups is 3. The number of carbonyl (C=O) groups excluding carboxylic acids is 3. The zero-order valence-electron chi connectivity index (χ0n) is 17.4. The number of nitrogens with zero attached hydrogens (tertiary/aromatic N) is 2. The first-order valence-corrected chi connectivity index (χ1v) is 10.5. The standard InChI is InChI=1S/C21H30FN5O3/c1-13(2)24-21(30)27-12-11-26(20(29)14-3-5-15(22)6-4-14)19(27)18(28)25-17-9-7-16(23)8-10-17/h3-6,13,16-17,19H,7-12,23H2,1-2H3,(H,24,30)(H,25,28). The summed E-state index contributed by atoms with van der Waals surface area (Å²) < 4.78 is 13.3. The number of halogens is 1. The number of benzene rings is 1. The summed E-state index contributed by atoms with van der Waals surface area (Å²) in [4.78, 5) is 41.7. The molecule has 1 atom stereocenters. The topological polar surface area (TPSA) is 108 Å². The van der Waals surface area contributed by atoms with E-state index in [0.29, 0.717) is 0 Å². The monoisotopic (exact) mass is 419 g/mol. The maximum absolute atomic E-state index is 13.3. The van der Waals surface area contributed by atoms with Crippen molar-refractivity contribution in [2.24, 2.45) is 5.73 Å². The first-order valence-electron chi connectivity index (χ1n) is 10.5. The Morgan fingerprint density at radius 1 is 1.03 bits per heavy atom. The predicted molar refractivity (Wildman–Crippen MR) is 110 cm³/mol. The Hall–Kier alpha value is -2.68. The first kappa shape index (κ1) is 22.0. The van der Waals surface area contributed by atoms with Gasteiger partial charge >= 0.3 is 6.03 Å². The van der Waals surface area contributed by atoms with Gasteiger partial charge in [-0.3, -0.25) is 14.5 Å². The molecular weight excluding hydrogens is 389 g/mol. The smallest absolute Gasteiger partial charge is 0.319 e. The lowest BCUT2D eigenvalue weighted by Crippen LogP contribution is -2.58. The Bertz CT molecular complexity index is 777. The van der Waals surface area contributed by atoms with Gasteiger partial charge in [-0.05, 0) is 63.8 Å². The van der Waals surface area contributed by atoms with Gasteiger partial charge in [0.05, 0.1) is 0 Å². The van der Waals surface area contributed by atoms with E-state index >= 15 is 0 Å². The van der Waals surface area contributed by atoms with Crippen molar-refractivity contribution in [3.8, 4) is 0 Å². The lowest BCUT2D eigenvalue weighted by molar-refractivity contribution is -0.129. The predicted octanol–water partition coefficient (Wildman–Crippen LogP) is 1.41. The van der Waals surface area contributed by atoms with Gasteiger partial charge in [0.2, 0.25) is 0 Å². The van der Waals surface area contributed by atoms with Gasteiger partial charge in [0.25, 0.3) is 11.8 Å². The highest BCUT2D eigenvalue weighted by molar-refractivity contribution is 5.99. The fraction of sp³-hybridized carbons (Fsp3) is 0.571. The zero-order valence-corrected chi connectivity index (χ0v) is 17.4. The summed E-state index contributed by atoms with van der Waals surface area (Å²) in [6, 6.07) is 4.77. The number of urea groups is 1. The second kappa shape index (κ2) is 9.42. The van der Waals surface area contributed by atoms with E-state index in [1.54, 1.807) is 0 Å². The normalized spacial score (nSPS) is 24.1. The molecule has 3 rings (SSSR count). The Labute approximate surface area is 176 Å². The lowest BCUT2D eigenvalue weighted by atomic mass is 9.92. The van der Waals surface area contributed by atoms with Crippen LogP contribution in [0.15, 0.2) is 24.3 Å². The Balaban J connectivity index is 1.80. The number of hydrogen-bond acceptors (Lipinski definition) is 4. The zero-order chi connectivity index (χ0) is 21.8. The van der Waals surface area contributed by atoms with Crippen LogP contribution in [0, 0.1) is 5.82 Å². The minimum atomic E-state index is -1.06. The van der Waals surface area contributed by atoms with E-state index in [9.17, 15) is 18.8 Å². The molecule has 164 valence electrons. The molecule has 30 heavy (non-hydrogen) atoms. The lowest BCUT2D eigenvalue weighted by Gasteiger charge is -2.33. The summed E-state index contributed by atoms with van der Waals surface area (Å²) in [5.41, 5.74) is 6.21. The van der Waals surface area contributed by atoms with E-state index in [-0.39, 0.29) is 42.7 Å². The van der Waals surface area contributed by atoms with Gasteiger partial charge in [-0.2, -0.15) is 0 Å². The molecule has 4 amide bonds. The van der Waals surface area contributed by atoms with Crippen LogP contribution in [0.3, 0.4) is 0 Å². The number of rotatable bonds is 4. The maximum Gasteiger partial charge on any atom is 0.319 e. The van der Waals surface area contributed by atoms with Crippen LogP contribution >= 0.6 is 0 Å². The van der Waals surface area contributed by atoms with Gasteiger partial charge in [0, 0.05) is 36.8 Å². The quantitative estimate of drug-likeness (QED) is 0.686. The molecule has 0 aromatic heterocycles. The summed E-state index contributed by atoms with van der Waals surface area (Å²) in [6.45, 7) is 4.11. The number of hydrogen-bond donors (Lipinski definition) is 3. The second-order valence-corrected chi connectivity index (χ2v) is 8.30. The van der Waals surface area contributed by atoms with Crippen molar-refractivity contribution >= 4 is 17.8 Å². The van der Waals surface area contributed by atoms with E-state index in [4.69, 9.17) is 5.73 Å². The molecule has 1 saturated heterocycles. The molecule has 1 unspecified atom stereocenters. The van der Waals surface area contributed by atoms with E-state index in [1.165, 1.54) is 34.1 Å². The fourth-order valence-electron chi connectivity index (χ4n) is 3.96. The molecule has 4 N–H and O–H groups in total. The SMILES string of the molecule is CC(C)NC(=O)N1CCN(C(=O)c2ccc(F)cc2)C1C(=O)NC1CCC(N)CC1. The van der Waals surface area contributed by atoms with E-state index in [1.807, 2.05) is 13.8 Å². The van der Waals surface area contributed by atoms with Gasteiger partial charge < -0.3 is 21.3 Å². The van der Waals surface area contributed by atoms with Crippen LogP contribution in [0.5, 0.6) is 0 Å². The molecule has 1 aromatic rings. The van der Waals surface area contributed by atoms with E-state index < -0.39 is 23.9 Å². The first-order chi connectivity index (χ1) is 14.3. The molecule has 1 saturated carbocycles. The third kappa shape index (κ3) is 5.08. The third-order valence-electron chi connectivity index (χ3n) is 5.55. The average molecular weight is 420 g/mol. The molecule has 2 aliphatic rings. The summed E-state index contributed by atoms with van der Waals surface area (Å²) >= 11 is 0. The Morgan fingerprint density at radius 2 is 1.63 bits per heavy atom. The Kier molecular flexibility index (Phi) is 6.91. The van der Waals surface area contributed by atoms with Crippen molar-refractivity contribution in [3.63, 3.8) is 0 Å². The largest absolute Gasteiger partial charge is 0.350 e. The molecule has 8 nitrogen and oxygen atoms in total. The van der Waals surface area contributed by atoms with Gasteiger partial charge in [-0.1, -0.05) is 0 Å². The van der Waals surface area contributed by atoms with Gasteiger partial charge in [-0.15, -0.1) is 0 Å². The van der Waals surface area contributed by atoms with Crippen LogP contribution in [0.4, 0.5) is 9.18 Å².